The van der Waals surface area contributed by atoms with E-state index in [1.54, 1.807) is 0 Å². The van der Waals surface area contributed by atoms with Crippen molar-refractivity contribution in [3.8, 4) is 0 Å². The maximum Gasteiger partial charge on any atom is 0.325 e. The van der Waals surface area contributed by atoms with Crippen molar-refractivity contribution in [2.45, 2.75) is 44.1 Å². The van der Waals surface area contributed by atoms with Crippen molar-refractivity contribution in [2.24, 2.45) is 17.8 Å². The molecule has 4 rings (SSSR count). The fourth-order valence-corrected chi connectivity index (χ4v) is 4.87. The standard InChI is InChI=1S/C15H23N3O2/c19-13-15(4-1-5-16-9-15)17-14(20)18(13)8-12-7-10-2-3-11(12)6-10/h10-12,16H,1-9H2,(H,17,20). The number of amides is 3. The summed E-state index contributed by atoms with van der Waals surface area (Å²) in [7, 11) is 0. The second kappa shape index (κ2) is 4.45. The Kier molecular flexibility index (Phi) is 2.81. The van der Waals surface area contributed by atoms with Gasteiger partial charge in [-0.15, -0.1) is 0 Å². The van der Waals surface area contributed by atoms with Crippen molar-refractivity contribution in [1.82, 2.24) is 15.5 Å². The van der Waals surface area contributed by atoms with E-state index in [1.807, 2.05) is 0 Å². The largest absolute Gasteiger partial charge is 0.325 e. The summed E-state index contributed by atoms with van der Waals surface area (Å²) in [6.07, 6.45) is 6.92. The number of rotatable bonds is 2. The lowest BCUT2D eigenvalue weighted by Gasteiger charge is -2.31. The molecule has 4 atom stereocenters. The zero-order valence-corrected chi connectivity index (χ0v) is 11.9. The van der Waals surface area contributed by atoms with E-state index in [2.05, 4.69) is 10.6 Å². The Balaban J connectivity index is 1.48. The van der Waals surface area contributed by atoms with Crippen LogP contribution in [0.1, 0.15) is 38.5 Å². The number of imide groups is 1. The first-order chi connectivity index (χ1) is 9.68. The number of urea groups is 1. The first-order valence-electron chi connectivity index (χ1n) is 8.03. The van der Waals surface area contributed by atoms with Gasteiger partial charge in [-0.05, 0) is 56.4 Å². The lowest BCUT2D eigenvalue weighted by atomic mass is 9.87. The van der Waals surface area contributed by atoms with E-state index in [4.69, 9.17) is 0 Å². The van der Waals surface area contributed by atoms with Crippen LogP contribution in [0.15, 0.2) is 0 Å². The molecule has 2 N–H and O–H groups in total. The van der Waals surface area contributed by atoms with Crippen LogP contribution in [-0.2, 0) is 4.79 Å². The van der Waals surface area contributed by atoms with E-state index in [9.17, 15) is 9.59 Å². The second-order valence-corrected chi connectivity index (χ2v) is 7.14. The number of hydrogen-bond donors (Lipinski definition) is 2. The third-order valence-corrected chi connectivity index (χ3v) is 5.93. The monoisotopic (exact) mass is 277 g/mol. The number of piperidine rings is 1. The summed E-state index contributed by atoms with van der Waals surface area (Å²) in [5.41, 5.74) is -0.646. The lowest BCUT2D eigenvalue weighted by molar-refractivity contribution is -0.132. The van der Waals surface area contributed by atoms with Crippen molar-refractivity contribution < 1.29 is 9.59 Å². The second-order valence-electron chi connectivity index (χ2n) is 7.14. The van der Waals surface area contributed by atoms with Crippen molar-refractivity contribution in [2.75, 3.05) is 19.6 Å². The molecule has 20 heavy (non-hydrogen) atoms. The topological polar surface area (TPSA) is 61.4 Å². The van der Waals surface area contributed by atoms with E-state index in [1.165, 1.54) is 30.6 Å². The van der Waals surface area contributed by atoms with Crippen LogP contribution in [0.5, 0.6) is 0 Å². The minimum Gasteiger partial charge on any atom is -0.322 e. The van der Waals surface area contributed by atoms with Gasteiger partial charge in [-0.25, -0.2) is 4.79 Å². The zero-order valence-electron chi connectivity index (χ0n) is 11.9. The molecule has 0 radical (unpaired) electrons. The van der Waals surface area contributed by atoms with Crippen LogP contribution >= 0.6 is 0 Å². The molecule has 1 spiro atoms. The summed E-state index contributed by atoms with van der Waals surface area (Å²) in [6.45, 7) is 2.18. The number of hydrogen-bond acceptors (Lipinski definition) is 3. The van der Waals surface area contributed by atoms with Crippen molar-refractivity contribution in [3.05, 3.63) is 0 Å². The third kappa shape index (κ3) is 1.79. The molecule has 0 aromatic heterocycles. The van der Waals surface area contributed by atoms with E-state index >= 15 is 0 Å². The average Bonchev–Trinajstić information content (AvgIpc) is 3.11. The Labute approximate surface area is 119 Å². The fraction of sp³-hybridized carbons (Fsp3) is 0.867. The average molecular weight is 277 g/mol. The molecule has 2 bridgehead atoms. The van der Waals surface area contributed by atoms with Gasteiger partial charge in [0, 0.05) is 13.1 Å². The SMILES string of the molecule is O=C1NC2(CCCNC2)C(=O)N1CC1CC2CCC1C2. The van der Waals surface area contributed by atoms with Crippen LogP contribution in [0.3, 0.4) is 0 Å². The van der Waals surface area contributed by atoms with Gasteiger partial charge in [-0.2, -0.15) is 0 Å². The van der Waals surface area contributed by atoms with Gasteiger partial charge < -0.3 is 10.6 Å². The zero-order chi connectivity index (χ0) is 13.7. The van der Waals surface area contributed by atoms with Crippen LogP contribution in [0, 0.1) is 17.8 Å². The predicted octanol–water partition coefficient (Wildman–Crippen LogP) is 1.10. The summed E-state index contributed by atoms with van der Waals surface area (Å²) >= 11 is 0. The highest BCUT2D eigenvalue weighted by Gasteiger charge is 2.53. The van der Waals surface area contributed by atoms with Crippen LogP contribution in [0.4, 0.5) is 4.79 Å². The highest BCUT2D eigenvalue weighted by molar-refractivity contribution is 6.07. The molecule has 5 heteroatoms. The third-order valence-electron chi connectivity index (χ3n) is 5.93. The Hall–Kier alpha value is -1.10. The normalized spacial score (nSPS) is 43.6. The first kappa shape index (κ1) is 12.6. The maximum atomic E-state index is 12.7. The van der Waals surface area contributed by atoms with Crippen molar-refractivity contribution in [1.29, 1.82) is 0 Å². The molecular formula is C15H23N3O2. The number of nitrogens with one attached hydrogen (secondary N) is 2. The summed E-state index contributed by atoms with van der Waals surface area (Å²) in [5, 5.41) is 6.21. The van der Waals surface area contributed by atoms with Crippen LogP contribution in [0.25, 0.3) is 0 Å². The Bertz CT molecular complexity index is 444. The van der Waals surface area contributed by atoms with Gasteiger partial charge in [-0.3, -0.25) is 9.69 Å². The smallest absolute Gasteiger partial charge is 0.322 e. The predicted molar refractivity (Wildman–Crippen MR) is 74.0 cm³/mol. The van der Waals surface area contributed by atoms with Crippen molar-refractivity contribution >= 4 is 11.9 Å². The van der Waals surface area contributed by atoms with Crippen LogP contribution < -0.4 is 10.6 Å². The molecule has 5 nitrogen and oxygen atoms in total. The fourth-order valence-electron chi connectivity index (χ4n) is 4.87. The summed E-state index contributed by atoms with van der Waals surface area (Å²) in [4.78, 5) is 26.4. The molecule has 110 valence electrons. The summed E-state index contributed by atoms with van der Waals surface area (Å²) < 4.78 is 0. The van der Waals surface area contributed by atoms with Gasteiger partial charge in [0.15, 0.2) is 0 Å². The Morgan fingerprint density at radius 1 is 1.25 bits per heavy atom. The molecule has 2 saturated carbocycles. The van der Waals surface area contributed by atoms with E-state index in [0.29, 0.717) is 19.0 Å². The molecule has 2 heterocycles. The molecule has 2 saturated heterocycles. The quantitative estimate of drug-likeness (QED) is 0.743. The minimum absolute atomic E-state index is 0.0115. The molecule has 0 aromatic rings. The Morgan fingerprint density at radius 3 is 2.80 bits per heavy atom. The summed E-state index contributed by atoms with van der Waals surface area (Å²) in [5.74, 6) is 2.17. The van der Waals surface area contributed by atoms with Gasteiger partial charge in [0.1, 0.15) is 5.54 Å². The van der Waals surface area contributed by atoms with E-state index in [0.717, 1.165) is 31.2 Å². The molecule has 4 aliphatic rings. The molecule has 4 unspecified atom stereocenters. The highest BCUT2D eigenvalue weighted by Crippen LogP contribution is 2.48. The number of carbonyl (C=O) groups excluding carboxylic acids is 2. The maximum absolute atomic E-state index is 12.7. The highest BCUT2D eigenvalue weighted by atomic mass is 16.2. The minimum atomic E-state index is -0.646. The number of carbonyl (C=O) groups is 2. The molecule has 4 fully saturated rings. The van der Waals surface area contributed by atoms with Gasteiger partial charge in [0.25, 0.3) is 5.91 Å². The van der Waals surface area contributed by atoms with Crippen LogP contribution in [0.2, 0.25) is 0 Å². The first-order valence-corrected chi connectivity index (χ1v) is 8.03. The molecular weight excluding hydrogens is 254 g/mol. The van der Waals surface area contributed by atoms with Gasteiger partial charge in [0.2, 0.25) is 0 Å². The van der Waals surface area contributed by atoms with Gasteiger partial charge >= 0.3 is 6.03 Å². The van der Waals surface area contributed by atoms with E-state index in [-0.39, 0.29) is 11.9 Å². The lowest BCUT2D eigenvalue weighted by Crippen LogP contribution is -2.57. The number of nitrogens with zero attached hydrogens (tertiary/aromatic N) is 1. The molecule has 2 aliphatic heterocycles. The summed E-state index contributed by atoms with van der Waals surface area (Å²) in [6, 6.07) is -0.165. The molecule has 2 aliphatic carbocycles. The van der Waals surface area contributed by atoms with Gasteiger partial charge in [-0.1, -0.05) is 6.42 Å². The molecule has 3 amide bonds. The van der Waals surface area contributed by atoms with Crippen LogP contribution in [-0.4, -0.2) is 42.0 Å². The molecule has 0 aromatic carbocycles. The Morgan fingerprint density at radius 2 is 2.15 bits per heavy atom. The number of fused-ring (bicyclic) bond motifs is 2. The van der Waals surface area contributed by atoms with Gasteiger partial charge in [0.05, 0.1) is 0 Å². The van der Waals surface area contributed by atoms with E-state index < -0.39 is 5.54 Å². The van der Waals surface area contributed by atoms with Crippen molar-refractivity contribution in [3.63, 3.8) is 0 Å².